The number of hydrogen-bond donors (Lipinski definition) is 1. The molecule has 4 rings (SSSR count). The number of pyridine rings is 1. The molecule has 1 aromatic heterocycles. The Morgan fingerprint density at radius 2 is 1.67 bits per heavy atom. The lowest BCUT2D eigenvalue weighted by atomic mass is 10.1. The van der Waals surface area contributed by atoms with Crippen molar-refractivity contribution in [2.75, 3.05) is 44.5 Å². The molecule has 0 unspecified atom stereocenters. The maximum absolute atomic E-state index is 12.9. The van der Waals surface area contributed by atoms with Gasteiger partial charge in [-0.15, -0.1) is 0 Å². The quantitative estimate of drug-likeness (QED) is 0.476. The molecule has 1 aliphatic rings. The van der Waals surface area contributed by atoms with Crippen LogP contribution in [0.2, 0.25) is 0 Å². The highest BCUT2D eigenvalue weighted by Gasteiger charge is 2.16. The Balaban J connectivity index is 1.38. The molecule has 3 aromatic rings. The van der Waals surface area contributed by atoms with E-state index in [1.165, 1.54) is 32.5 Å². The van der Waals surface area contributed by atoms with Gasteiger partial charge in [-0.05, 0) is 64.0 Å². The van der Waals surface area contributed by atoms with Crippen molar-refractivity contribution < 1.29 is 8.42 Å². The van der Waals surface area contributed by atoms with Crippen molar-refractivity contribution >= 4 is 26.6 Å². The highest BCUT2D eigenvalue weighted by molar-refractivity contribution is 7.92. The number of aryl methyl sites for hydroxylation is 2. The van der Waals surface area contributed by atoms with E-state index in [0.717, 1.165) is 42.6 Å². The van der Waals surface area contributed by atoms with Crippen LogP contribution in [0.4, 0.5) is 5.69 Å². The van der Waals surface area contributed by atoms with Crippen LogP contribution >= 0.6 is 0 Å². The molecule has 0 radical (unpaired) electrons. The highest BCUT2D eigenvalue weighted by atomic mass is 32.2. The Labute approximate surface area is 197 Å². The molecule has 0 spiro atoms. The minimum atomic E-state index is -3.67. The summed E-state index contributed by atoms with van der Waals surface area (Å²) in [6.07, 6.45) is 4.37. The van der Waals surface area contributed by atoms with Gasteiger partial charge in [0, 0.05) is 37.3 Å². The zero-order chi connectivity index (χ0) is 23.3. The maximum atomic E-state index is 12.9. The number of hydrogen-bond acceptors (Lipinski definition) is 5. The normalized spacial score (nSPS) is 15.7. The van der Waals surface area contributed by atoms with E-state index in [1.807, 2.05) is 25.1 Å². The molecule has 33 heavy (non-hydrogen) atoms. The summed E-state index contributed by atoms with van der Waals surface area (Å²) >= 11 is 0. The lowest BCUT2D eigenvalue weighted by molar-refractivity contribution is 0.152. The zero-order valence-electron chi connectivity index (χ0n) is 19.6. The number of unbranched alkanes of at least 4 members (excludes halogenated alkanes) is 2. The largest absolute Gasteiger partial charge is 0.304 e. The van der Waals surface area contributed by atoms with Crippen LogP contribution in [0.25, 0.3) is 10.9 Å². The van der Waals surface area contributed by atoms with Gasteiger partial charge in [-0.3, -0.25) is 9.71 Å². The summed E-state index contributed by atoms with van der Waals surface area (Å²) in [5.41, 5.74) is 3.24. The topological polar surface area (TPSA) is 65.5 Å². The molecule has 2 heterocycles. The molecule has 176 valence electrons. The summed E-state index contributed by atoms with van der Waals surface area (Å²) in [5, 5.41) is 0.929. The first-order chi connectivity index (χ1) is 15.9. The Kier molecular flexibility index (Phi) is 7.63. The van der Waals surface area contributed by atoms with Crippen molar-refractivity contribution in [1.29, 1.82) is 0 Å². The first-order valence-electron chi connectivity index (χ1n) is 11.8. The van der Waals surface area contributed by atoms with Crippen LogP contribution in [-0.4, -0.2) is 63.0 Å². The SMILES string of the molecule is Cc1ccc(S(=O)(=O)Nc2cccc3ccc(CCCCCN4CCN(C)CC4)nc23)cc1. The molecule has 0 saturated carbocycles. The fourth-order valence-corrected chi connectivity index (χ4v) is 5.29. The minimum Gasteiger partial charge on any atom is -0.304 e. The van der Waals surface area contributed by atoms with Gasteiger partial charge in [0.05, 0.1) is 16.1 Å². The van der Waals surface area contributed by atoms with Gasteiger partial charge >= 0.3 is 0 Å². The highest BCUT2D eigenvalue weighted by Crippen LogP contribution is 2.25. The van der Waals surface area contributed by atoms with Crippen molar-refractivity contribution in [2.45, 2.75) is 37.5 Å². The summed E-state index contributed by atoms with van der Waals surface area (Å²) < 4.78 is 28.5. The first kappa shape index (κ1) is 23.7. The number of anilines is 1. The van der Waals surface area contributed by atoms with Crippen LogP contribution in [0.1, 0.15) is 30.5 Å². The number of likely N-dealkylation sites (N-methyl/N-ethyl adjacent to an activating group) is 1. The molecule has 0 bridgehead atoms. The lowest BCUT2D eigenvalue weighted by Crippen LogP contribution is -2.44. The first-order valence-corrected chi connectivity index (χ1v) is 13.3. The third kappa shape index (κ3) is 6.31. The van der Waals surface area contributed by atoms with Crippen LogP contribution in [0, 0.1) is 6.92 Å². The number of nitrogens with zero attached hydrogens (tertiary/aromatic N) is 3. The van der Waals surface area contributed by atoms with Gasteiger partial charge in [-0.2, -0.15) is 0 Å². The van der Waals surface area contributed by atoms with E-state index >= 15 is 0 Å². The molecule has 0 amide bonds. The van der Waals surface area contributed by atoms with Crippen molar-refractivity contribution in [2.24, 2.45) is 0 Å². The number of nitrogens with one attached hydrogen (secondary N) is 1. The second-order valence-corrected chi connectivity index (χ2v) is 10.7. The Hall–Kier alpha value is -2.48. The van der Waals surface area contributed by atoms with Crippen LogP contribution in [0.15, 0.2) is 59.5 Å². The van der Waals surface area contributed by atoms with Crippen LogP contribution < -0.4 is 4.72 Å². The van der Waals surface area contributed by atoms with E-state index in [0.29, 0.717) is 11.2 Å². The van der Waals surface area contributed by atoms with Crippen molar-refractivity contribution in [1.82, 2.24) is 14.8 Å². The molecule has 2 aromatic carbocycles. The van der Waals surface area contributed by atoms with Gasteiger partial charge in [-0.1, -0.05) is 42.3 Å². The number of aromatic nitrogens is 1. The Morgan fingerprint density at radius 3 is 2.42 bits per heavy atom. The molecular formula is C26H34N4O2S. The predicted molar refractivity (Wildman–Crippen MR) is 135 cm³/mol. The molecule has 1 aliphatic heterocycles. The van der Waals surface area contributed by atoms with Crippen LogP contribution in [0.5, 0.6) is 0 Å². The number of fused-ring (bicyclic) bond motifs is 1. The number of benzene rings is 2. The van der Waals surface area contributed by atoms with Gasteiger partial charge in [0.15, 0.2) is 0 Å². The second kappa shape index (κ2) is 10.6. The predicted octanol–water partition coefficient (Wildman–Crippen LogP) is 4.30. The number of piperazine rings is 1. The Morgan fingerprint density at radius 1 is 0.909 bits per heavy atom. The van der Waals surface area contributed by atoms with E-state index in [9.17, 15) is 8.42 Å². The molecule has 1 fully saturated rings. The van der Waals surface area contributed by atoms with Gasteiger partial charge < -0.3 is 9.80 Å². The van der Waals surface area contributed by atoms with Crippen molar-refractivity contribution in [3.63, 3.8) is 0 Å². The van der Waals surface area contributed by atoms with Crippen LogP contribution in [0.3, 0.4) is 0 Å². The fraction of sp³-hybridized carbons (Fsp3) is 0.423. The summed E-state index contributed by atoms with van der Waals surface area (Å²) in [6, 6.07) is 16.6. The summed E-state index contributed by atoms with van der Waals surface area (Å²) in [6.45, 7) is 7.78. The van der Waals surface area contributed by atoms with E-state index in [1.54, 1.807) is 30.3 Å². The van der Waals surface area contributed by atoms with Gasteiger partial charge in [0.1, 0.15) is 0 Å². The third-order valence-electron chi connectivity index (χ3n) is 6.36. The number of sulfonamides is 1. The van der Waals surface area contributed by atoms with Gasteiger partial charge in [0.25, 0.3) is 10.0 Å². The molecular weight excluding hydrogens is 432 g/mol. The van der Waals surface area contributed by atoms with E-state index in [-0.39, 0.29) is 4.90 Å². The molecule has 1 saturated heterocycles. The van der Waals surface area contributed by atoms with E-state index in [4.69, 9.17) is 4.98 Å². The average Bonchev–Trinajstić information content (AvgIpc) is 2.80. The summed E-state index contributed by atoms with van der Waals surface area (Å²) in [7, 11) is -1.48. The standard InChI is InChI=1S/C26H34N4O2S/c1-21-10-14-24(15-11-21)33(31,32)28-25-9-6-7-22-12-13-23(27-26(22)25)8-4-3-5-16-30-19-17-29(2)18-20-30/h6-7,9-15,28H,3-5,8,16-20H2,1-2H3. The van der Waals surface area contributed by atoms with E-state index in [2.05, 4.69) is 27.6 Å². The third-order valence-corrected chi connectivity index (χ3v) is 7.74. The van der Waals surface area contributed by atoms with Gasteiger partial charge in [0.2, 0.25) is 0 Å². The van der Waals surface area contributed by atoms with Crippen molar-refractivity contribution in [3.8, 4) is 0 Å². The number of para-hydroxylation sites is 1. The van der Waals surface area contributed by atoms with E-state index < -0.39 is 10.0 Å². The zero-order valence-corrected chi connectivity index (χ0v) is 20.4. The molecule has 1 N–H and O–H groups in total. The second-order valence-electron chi connectivity index (χ2n) is 9.05. The summed E-state index contributed by atoms with van der Waals surface area (Å²) in [5.74, 6) is 0. The molecule has 0 atom stereocenters. The van der Waals surface area contributed by atoms with Crippen LogP contribution in [-0.2, 0) is 16.4 Å². The van der Waals surface area contributed by atoms with Gasteiger partial charge in [-0.25, -0.2) is 8.42 Å². The minimum absolute atomic E-state index is 0.251. The summed E-state index contributed by atoms with van der Waals surface area (Å²) in [4.78, 5) is 10.0. The monoisotopic (exact) mass is 466 g/mol. The number of rotatable bonds is 9. The van der Waals surface area contributed by atoms with Crippen molar-refractivity contribution in [3.05, 3.63) is 65.9 Å². The lowest BCUT2D eigenvalue weighted by Gasteiger charge is -2.32. The maximum Gasteiger partial charge on any atom is 0.261 e. The molecule has 7 heteroatoms. The fourth-order valence-electron chi connectivity index (χ4n) is 4.22. The Bertz CT molecular complexity index is 1170. The molecule has 6 nitrogen and oxygen atoms in total. The smallest absolute Gasteiger partial charge is 0.261 e. The molecule has 0 aliphatic carbocycles. The average molecular weight is 467 g/mol.